The van der Waals surface area contributed by atoms with E-state index in [1.165, 1.54) is 0 Å². The van der Waals surface area contributed by atoms with Crippen molar-refractivity contribution in [3.8, 4) is 12.1 Å². The third-order valence-corrected chi connectivity index (χ3v) is 4.01. The summed E-state index contributed by atoms with van der Waals surface area (Å²) in [6.07, 6.45) is 3.48. The molecular formula is C16H15N3S. The Hall–Kier alpha value is -2.17. The predicted octanol–water partition coefficient (Wildman–Crippen LogP) is 3.05. The van der Waals surface area contributed by atoms with Crippen molar-refractivity contribution in [2.75, 3.05) is 24.6 Å². The SMILES string of the molecule is N#CC(C#N)=C/C=C(/c1ccccc1)N1CCSCC1. The number of hydrogen-bond donors (Lipinski definition) is 0. The molecule has 0 N–H and O–H groups in total. The molecule has 1 aliphatic rings. The maximum absolute atomic E-state index is 8.83. The topological polar surface area (TPSA) is 50.8 Å². The number of allylic oxidation sites excluding steroid dienone is 3. The first kappa shape index (κ1) is 14.2. The smallest absolute Gasteiger partial charge is 0.129 e. The Morgan fingerprint density at radius 2 is 1.70 bits per heavy atom. The van der Waals surface area contributed by atoms with Gasteiger partial charge in [-0.3, -0.25) is 0 Å². The van der Waals surface area contributed by atoms with E-state index in [4.69, 9.17) is 10.5 Å². The van der Waals surface area contributed by atoms with E-state index in [9.17, 15) is 0 Å². The van der Waals surface area contributed by atoms with Gasteiger partial charge in [-0.2, -0.15) is 22.3 Å². The van der Waals surface area contributed by atoms with E-state index in [0.717, 1.165) is 35.9 Å². The van der Waals surface area contributed by atoms with E-state index >= 15 is 0 Å². The molecule has 1 heterocycles. The molecule has 20 heavy (non-hydrogen) atoms. The van der Waals surface area contributed by atoms with Gasteiger partial charge in [0.15, 0.2) is 0 Å². The van der Waals surface area contributed by atoms with E-state index in [1.807, 2.05) is 48.2 Å². The molecule has 2 rings (SSSR count). The highest BCUT2D eigenvalue weighted by atomic mass is 32.2. The molecule has 0 spiro atoms. The summed E-state index contributed by atoms with van der Waals surface area (Å²) in [5.74, 6) is 2.22. The summed E-state index contributed by atoms with van der Waals surface area (Å²) in [6, 6.07) is 13.9. The monoisotopic (exact) mass is 281 g/mol. The highest BCUT2D eigenvalue weighted by Crippen LogP contribution is 2.23. The van der Waals surface area contributed by atoms with Crippen LogP contribution in [0.4, 0.5) is 0 Å². The van der Waals surface area contributed by atoms with Crippen LogP contribution in [-0.4, -0.2) is 29.5 Å². The quantitative estimate of drug-likeness (QED) is 0.631. The molecule has 1 aromatic rings. The Morgan fingerprint density at radius 1 is 1.05 bits per heavy atom. The fourth-order valence-corrected chi connectivity index (χ4v) is 2.96. The van der Waals surface area contributed by atoms with Crippen LogP contribution in [0.25, 0.3) is 5.70 Å². The van der Waals surface area contributed by atoms with Crippen molar-refractivity contribution in [3.63, 3.8) is 0 Å². The van der Waals surface area contributed by atoms with Crippen molar-refractivity contribution < 1.29 is 0 Å². The molecule has 1 fully saturated rings. The van der Waals surface area contributed by atoms with Crippen LogP contribution in [0.2, 0.25) is 0 Å². The van der Waals surface area contributed by atoms with Gasteiger partial charge >= 0.3 is 0 Å². The average molecular weight is 281 g/mol. The van der Waals surface area contributed by atoms with Crippen LogP contribution in [0.1, 0.15) is 5.56 Å². The number of nitrogens with zero attached hydrogens (tertiary/aromatic N) is 3. The summed E-state index contributed by atoms with van der Waals surface area (Å²) in [4.78, 5) is 2.31. The lowest BCUT2D eigenvalue weighted by Gasteiger charge is -2.31. The summed E-state index contributed by atoms with van der Waals surface area (Å²) < 4.78 is 0. The zero-order valence-electron chi connectivity index (χ0n) is 11.1. The number of rotatable bonds is 3. The van der Waals surface area contributed by atoms with E-state index in [1.54, 1.807) is 6.08 Å². The first-order valence-corrected chi connectivity index (χ1v) is 7.61. The van der Waals surface area contributed by atoms with Crippen LogP contribution in [0, 0.1) is 22.7 Å². The van der Waals surface area contributed by atoms with Crippen LogP contribution in [0.3, 0.4) is 0 Å². The molecule has 0 bridgehead atoms. The van der Waals surface area contributed by atoms with Crippen LogP contribution < -0.4 is 0 Å². The van der Waals surface area contributed by atoms with Gasteiger partial charge in [0.05, 0.1) is 0 Å². The van der Waals surface area contributed by atoms with Crippen molar-refractivity contribution in [3.05, 3.63) is 53.6 Å². The Morgan fingerprint density at radius 3 is 2.30 bits per heavy atom. The Balaban J connectivity index is 2.34. The molecule has 1 aliphatic heterocycles. The second-order valence-corrected chi connectivity index (χ2v) is 5.55. The molecule has 0 radical (unpaired) electrons. The standard InChI is InChI=1S/C16H15N3S/c17-12-14(13-18)6-7-16(15-4-2-1-3-5-15)19-8-10-20-11-9-19/h1-7H,8-11H2/b16-7-. The van der Waals surface area contributed by atoms with Crippen molar-refractivity contribution in [1.82, 2.24) is 4.90 Å². The van der Waals surface area contributed by atoms with Crippen molar-refractivity contribution in [2.24, 2.45) is 0 Å². The molecule has 3 nitrogen and oxygen atoms in total. The molecule has 0 aliphatic carbocycles. The second kappa shape index (κ2) is 7.43. The maximum Gasteiger partial charge on any atom is 0.129 e. The molecule has 1 saturated heterocycles. The zero-order chi connectivity index (χ0) is 14.2. The Labute approximate surface area is 123 Å². The van der Waals surface area contributed by atoms with Gasteiger partial charge < -0.3 is 4.90 Å². The molecule has 0 unspecified atom stereocenters. The Kier molecular flexibility index (Phi) is 5.29. The largest absolute Gasteiger partial charge is 0.369 e. The number of nitriles is 2. The van der Waals surface area contributed by atoms with Gasteiger partial charge in [0.25, 0.3) is 0 Å². The third kappa shape index (κ3) is 3.66. The molecule has 0 saturated carbocycles. The minimum absolute atomic E-state index is 0.129. The lowest BCUT2D eigenvalue weighted by atomic mass is 10.1. The van der Waals surface area contributed by atoms with E-state index in [-0.39, 0.29) is 5.57 Å². The number of benzene rings is 1. The summed E-state index contributed by atoms with van der Waals surface area (Å²) in [7, 11) is 0. The molecule has 0 atom stereocenters. The van der Waals surface area contributed by atoms with Gasteiger partial charge in [0.1, 0.15) is 17.7 Å². The molecule has 0 amide bonds. The van der Waals surface area contributed by atoms with Crippen molar-refractivity contribution in [1.29, 1.82) is 10.5 Å². The van der Waals surface area contributed by atoms with Gasteiger partial charge in [-0.1, -0.05) is 30.3 Å². The predicted molar refractivity (Wildman–Crippen MR) is 82.6 cm³/mol. The van der Waals surface area contributed by atoms with Crippen LogP contribution in [0.15, 0.2) is 48.1 Å². The second-order valence-electron chi connectivity index (χ2n) is 4.32. The number of thioether (sulfide) groups is 1. The molecule has 100 valence electrons. The van der Waals surface area contributed by atoms with Gasteiger partial charge in [-0.25, -0.2) is 0 Å². The lowest BCUT2D eigenvalue weighted by Crippen LogP contribution is -2.31. The van der Waals surface area contributed by atoms with E-state index in [2.05, 4.69) is 17.0 Å². The summed E-state index contributed by atoms with van der Waals surface area (Å²) in [5, 5.41) is 17.7. The van der Waals surface area contributed by atoms with Crippen LogP contribution >= 0.6 is 11.8 Å². The van der Waals surface area contributed by atoms with Crippen LogP contribution in [-0.2, 0) is 0 Å². The molecule has 1 aromatic carbocycles. The minimum Gasteiger partial charge on any atom is -0.369 e. The fourth-order valence-electron chi connectivity index (χ4n) is 2.06. The molecule has 4 heteroatoms. The first-order valence-electron chi connectivity index (χ1n) is 6.45. The normalized spacial score (nSPS) is 15.1. The molecule has 0 aromatic heterocycles. The first-order chi connectivity index (χ1) is 9.85. The minimum atomic E-state index is 0.129. The summed E-state index contributed by atoms with van der Waals surface area (Å²) in [5.41, 5.74) is 2.32. The van der Waals surface area contributed by atoms with Gasteiger partial charge in [0, 0.05) is 30.3 Å². The van der Waals surface area contributed by atoms with E-state index < -0.39 is 0 Å². The Bertz CT molecular complexity index is 568. The van der Waals surface area contributed by atoms with Gasteiger partial charge in [-0.05, 0) is 17.7 Å². The van der Waals surface area contributed by atoms with Crippen molar-refractivity contribution >= 4 is 17.5 Å². The van der Waals surface area contributed by atoms with Crippen LogP contribution in [0.5, 0.6) is 0 Å². The average Bonchev–Trinajstić information content (AvgIpc) is 2.53. The van der Waals surface area contributed by atoms with Gasteiger partial charge in [-0.15, -0.1) is 0 Å². The summed E-state index contributed by atoms with van der Waals surface area (Å²) >= 11 is 1.96. The van der Waals surface area contributed by atoms with Gasteiger partial charge in [0.2, 0.25) is 0 Å². The molecular weight excluding hydrogens is 266 g/mol. The summed E-state index contributed by atoms with van der Waals surface area (Å²) in [6.45, 7) is 1.99. The van der Waals surface area contributed by atoms with E-state index in [0.29, 0.717) is 0 Å². The highest BCUT2D eigenvalue weighted by Gasteiger charge is 2.14. The highest BCUT2D eigenvalue weighted by molar-refractivity contribution is 7.99. The maximum atomic E-state index is 8.83. The number of hydrogen-bond acceptors (Lipinski definition) is 4. The lowest BCUT2D eigenvalue weighted by molar-refractivity contribution is 0.439. The zero-order valence-corrected chi connectivity index (χ0v) is 11.9. The third-order valence-electron chi connectivity index (χ3n) is 3.07. The van der Waals surface area contributed by atoms with Crippen molar-refractivity contribution in [2.45, 2.75) is 0 Å². The fraction of sp³-hybridized carbons (Fsp3) is 0.250.